The first kappa shape index (κ1) is 9.31. The predicted molar refractivity (Wildman–Crippen MR) is 47.8 cm³/mol. The monoisotopic (exact) mass is 199 g/mol. The summed E-state index contributed by atoms with van der Waals surface area (Å²) in [5.74, 6) is -0.179. The average molecular weight is 199 g/mol. The van der Waals surface area contributed by atoms with Gasteiger partial charge in [0, 0.05) is 12.0 Å². The normalized spacial score (nSPS) is 15.8. The van der Waals surface area contributed by atoms with Gasteiger partial charge in [0.05, 0.1) is 0 Å². The fourth-order valence-corrected chi connectivity index (χ4v) is 1.82. The quantitative estimate of drug-likeness (QED) is 0.631. The molecule has 0 atom stereocenters. The Balaban J connectivity index is 2.60. The van der Waals surface area contributed by atoms with Crippen LogP contribution >= 0.6 is 0 Å². The second-order valence-electron chi connectivity index (χ2n) is 3.37. The van der Waals surface area contributed by atoms with Crippen LogP contribution in [0.1, 0.15) is 22.3 Å². The molecule has 14 heavy (non-hydrogen) atoms. The summed E-state index contributed by atoms with van der Waals surface area (Å²) in [6, 6.07) is 3.82. The summed E-state index contributed by atoms with van der Waals surface area (Å²) in [6.45, 7) is -4.99. The molecule has 1 aliphatic rings. The van der Waals surface area contributed by atoms with Crippen molar-refractivity contribution < 1.29 is 17.7 Å². The lowest BCUT2D eigenvalue weighted by atomic mass is 9.76. The summed E-state index contributed by atoms with van der Waals surface area (Å²) in [5.41, 5.74) is -0.167. The molecule has 0 saturated carbocycles. The molecule has 0 aliphatic heterocycles. The van der Waals surface area contributed by atoms with E-state index in [0.717, 1.165) is 6.07 Å². The minimum absolute atomic E-state index is 0.179. The molecular formula is C9H7BF3O-. The molecule has 2 rings (SSSR count). The molecular weight excluding hydrogens is 192 g/mol. The first-order valence-electron chi connectivity index (χ1n) is 4.35. The summed E-state index contributed by atoms with van der Waals surface area (Å²) in [6.07, 6.45) is 0.435. The Morgan fingerprint density at radius 3 is 2.50 bits per heavy atom. The molecule has 0 unspecified atom stereocenters. The molecule has 1 nitrogen and oxygen atoms in total. The lowest BCUT2D eigenvalue weighted by molar-refractivity contribution is 0.0994. The van der Waals surface area contributed by atoms with E-state index < -0.39 is 12.4 Å². The number of rotatable bonds is 1. The van der Waals surface area contributed by atoms with Gasteiger partial charge < -0.3 is 12.9 Å². The van der Waals surface area contributed by atoms with Crippen molar-refractivity contribution in [3.63, 3.8) is 0 Å². The van der Waals surface area contributed by atoms with Gasteiger partial charge >= 0.3 is 6.98 Å². The largest absolute Gasteiger partial charge is 0.509 e. The highest BCUT2D eigenvalue weighted by Crippen LogP contribution is 2.23. The Bertz CT molecular complexity index is 398. The Kier molecular flexibility index (Phi) is 1.91. The number of halogens is 3. The van der Waals surface area contributed by atoms with E-state index in [2.05, 4.69) is 0 Å². The van der Waals surface area contributed by atoms with Gasteiger partial charge in [-0.3, -0.25) is 4.79 Å². The molecule has 0 N–H and O–H groups in total. The van der Waals surface area contributed by atoms with Crippen LogP contribution in [0.3, 0.4) is 0 Å². The van der Waals surface area contributed by atoms with E-state index in [9.17, 15) is 17.7 Å². The average Bonchev–Trinajstić information content (AvgIpc) is 2.46. The highest BCUT2D eigenvalue weighted by Gasteiger charge is 2.32. The Hall–Kier alpha value is -1.26. The van der Waals surface area contributed by atoms with E-state index in [0.29, 0.717) is 0 Å². The van der Waals surface area contributed by atoms with Crippen LogP contribution in [0.2, 0.25) is 0 Å². The van der Waals surface area contributed by atoms with Crippen molar-refractivity contribution >= 4 is 18.2 Å². The molecule has 0 spiro atoms. The van der Waals surface area contributed by atoms with Gasteiger partial charge in [-0.05, 0) is 6.42 Å². The van der Waals surface area contributed by atoms with E-state index in [1.165, 1.54) is 12.1 Å². The zero-order valence-electron chi connectivity index (χ0n) is 7.27. The summed E-state index contributed by atoms with van der Waals surface area (Å²) in [5, 5.41) is 0. The number of carbonyl (C=O) groups excluding carboxylic acids is 1. The maximum atomic E-state index is 12.5. The van der Waals surface area contributed by atoms with Crippen molar-refractivity contribution in [2.75, 3.05) is 0 Å². The van der Waals surface area contributed by atoms with E-state index in [1.54, 1.807) is 0 Å². The molecule has 1 aromatic rings. The van der Waals surface area contributed by atoms with Crippen LogP contribution in [-0.2, 0) is 6.42 Å². The molecule has 0 fully saturated rings. The van der Waals surface area contributed by atoms with Crippen LogP contribution in [0.4, 0.5) is 12.9 Å². The maximum Gasteiger partial charge on any atom is 0.509 e. The molecule has 0 aromatic heterocycles. The van der Waals surface area contributed by atoms with Gasteiger partial charge in [0.1, 0.15) is 0 Å². The lowest BCUT2D eigenvalue weighted by Crippen LogP contribution is -2.36. The van der Waals surface area contributed by atoms with Crippen molar-refractivity contribution in [3.8, 4) is 0 Å². The van der Waals surface area contributed by atoms with Crippen molar-refractivity contribution in [3.05, 3.63) is 29.3 Å². The van der Waals surface area contributed by atoms with Crippen LogP contribution in [0, 0.1) is 0 Å². The number of hydrogen-bond donors (Lipinski definition) is 0. The second-order valence-corrected chi connectivity index (χ2v) is 3.37. The first-order chi connectivity index (χ1) is 6.50. The maximum absolute atomic E-state index is 12.5. The van der Waals surface area contributed by atoms with Gasteiger partial charge in [-0.15, -0.1) is 5.46 Å². The SMILES string of the molecule is O=C1CCc2c1cccc2[B-](F)(F)F. The third kappa shape index (κ3) is 1.33. The Morgan fingerprint density at radius 1 is 1.14 bits per heavy atom. The fourth-order valence-electron chi connectivity index (χ4n) is 1.82. The van der Waals surface area contributed by atoms with Crippen LogP contribution < -0.4 is 5.46 Å². The van der Waals surface area contributed by atoms with Crippen LogP contribution in [0.5, 0.6) is 0 Å². The molecule has 0 heterocycles. The molecule has 0 amide bonds. The minimum atomic E-state index is -4.99. The zero-order chi connectivity index (χ0) is 10.3. The van der Waals surface area contributed by atoms with E-state index in [4.69, 9.17) is 0 Å². The highest BCUT2D eigenvalue weighted by atomic mass is 19.4. The number of ketones is 1. The van der Waals surface area contributed by atoms with Crippen LogP contribution in [0.15, 0.2) is 18.2 Å². The van der Waals surface area contributed by atoms with Gasteiger partial charge in [0.25, 0.3) is 0 Å². The van der Waals surface area contributed by atoms with Crippen molar-refractivity contribution in [2.45, 2.75) is 12.8 Å². The number of hydrogen-bond acceptors (Lipinski definition) is 1. The number of benzene rings is 1. The third-order valence-corrected chi connectivity index (χ3v) is 2.47. The smallest absolute Gasteiger partial charge is 0.445 e. The fraction of sp³-hybridized carbons (Fsp3) is 0.222. The molecule has 1 aromatic carbocycles. The van der Waals surface area contributed by atoms with Gasteiger partial charge in [-0.25, -0.2) is 0 Å². The van der Waals surface area contributed by atoms with Crippen molar-refractivity contribution in [1.29, 1.82) is 0 Å². The van der Waals surface area contributed by atoms with Gasteiger partial charge in [0.2, 0.25) is 0 Å². The van der Waals surface area contributed by atoms with Crippen LogP contribution in [-0.4, -0.2) is 12.8 Å². The summed E-state index contributed by atoms with van der Waals surface area (Å²) in [7, 11) is 0. The zero-order valence-corrected chi connectivity index (χ0v) is 7.27. The Labute approximate surface area is 79.0 Å². The predicted octanol–water partition coefficient (Wildman–Crippen LogP) is 1.87. The van der Waals surface area contributed by atoms with Crippen LogP contribution in [0.25, 0.3) is 0 Å². The standard InChI is InChI=1S/C9H7BF3O/c11-10(12,13)8-3-1-2-7-6(8)4-5-9(7)14/h1-3H,4-5H2/q-1. The summed E-state index contributed by atoms with van der Waals surface area (Å²) in [4.78, 5) is 11.2. The van der Waals surface area contributed by atoms with Crippen molar-refractivity contribution in [2.24, 2.45) is 0 Å². The van der Waals surface area contributed by atoms with E-state index in [-0.39, 0.29) is 29.8 Å². The van der Waals surface area contributed by atoms with Crippen molar-refractivity contribution in [1.82, 2.24) is 0 Å². The van der Waals surface area contributed by atoms with Gasteiger partial charge in [0.15, 0.2) is 5.78 Å². The molecule has 0 saturated heterocycles. The number of carbonyl (C=O) groups is 1. The molecule has 74 valence electrons. The molecule has 5 heteroatoms. The minimum Gasteiger partial charge on any atom is -0.445 e. The topological polar surface area (TPSA) is 17.1 Å². The second kappa shape index (κ2) is 2.87. The summed E-state index contributed by atoms with van der Waals surface area (Å²) >= 11 is 0. The molecule has 0 radical (unpaired) electrons. The molecule has 1 aliphatic carbocycles. The van der Waals surface area contributed by atoms with Gasteiger partial charge in [-0.2, -0.15) is 0 Å². The Morgan fingerprint density at radius 2 is 1.86 bits per heavy atom. The number of Topliss-reactive ketones (excluding diaryl/α,β-unsaturated/α-hetero) is 1. The third-order valence-electron chi connectivity index (χ3n) is 2.47. The molecule has 0 bridgehead atoms. The number of fused-ring (bicyclic) bond motifs is 1. The lowest BCUT2D eigenvalue weighted by Gasteiger charge is -2.18. The highest BCUT2D eigenvalue weighted by molar-refractivity contribution is 6.74. The van der Waals surface area contributed by atoms with E-state index >= 15 is 0 Å². The van der Waals surface area contributed by atoms with E-state index in [1.807, 2.05) is 0 Å². The van der Waals surface area contributed by atoms with Gasteiger partial charge in [-0.1, -0.05) is 23.8 Å². The summed E-state index contributed by atoms with van der Waals surface area (Å²) < 4.78 is 37.6. The first-order valence-corrected chi connectivity index (χ1v) is 4.35.